The van der Waals surface area contributed by atoms with Crippen LogP contribution < -0.4 is 9.62 Å². The molecule has 7 nitrogen and oxygen atoms in total. The van der Waals surface area contributed by atoms with Crippen LogP contribution in [0, 0.1) is 6.92 Å². The molecular formula is C32H37BrClN3O4S. The van der Waals surface area contributed by atoms with Crippen molar-refractivity contribution >= 4 is 55.1 Å². The SMILES string of the molecule is CC[C@H](C(=O)NC1CCCCC1)N(Cc1ccccc1Cl)C(=O)CN(c1ccc(Br)cc1)S(=O)(=O)c1ccc(C)cc1. The lowest BCUT2D eigenvalue weighted by molar-refractivity contribution is -0.140. The number of carbonyl (C=O) groups excluding carboxylic acids is 2. The minimum atomic E-state index is -4.12. The Morgan fingerprint density at radius 1 is 0.976 bits per heavy atom. The quantitative estimate of drug-likeness (QED) is 0.241. The van der Waals surface area contributed by atoms with Gasteiger partial charge in [-0.15, -0.1) is 0 Å². The minimum Gasteiger partial charge on any atom is -0.352 e. The predicted molar refractivity (Wildman–Crippen MR) is 171 cm³/mol. The maximum atomic E-state index is 14.2. The second-order valence-electron chi connectivity index (χ2n) is 10.7. The predicted octanol–water partition coefficient (Wildman–Crippen LogP) is 6.86. The maximum Gasteiger partial charge on any atom is 0.264 e. The Balaban J connectivity index is 1.71. The van der Waals surface area contributed by atoms with Gasteiger partial charge in [0.25, 0.3) is 10.0 Å². The highest BCUT2D eigenvalue weighted by Gasteiger charge is 2.34. The van der Waals surface area contributed by atoms with Gasteiger partial charge in [0.1, 0.15) is 12.6 Å². The molecule has 224 valence electrons. The summed E-state index contributed by atoms with van der Waals surface area (Å²) in [7, 11) is -4.12. The fraction of sp³-hybridized carbons (Fsp3) is 0.375. The van der Waals surface area contributed by atoms with Crippen LogP contribution in [0.25, 0.3) is 0 Å². The van der Waals surface area contributed by atoms with E-state index >= 15 is 0 Å². The average molecular weight is 675 g/mol. The van der Waals surface area contributed by atoms with Crippen molar-refractivity contribution in [3.05, 3.63) is 93.4 Å². The molecule has 1 aliphatic rings. The monoisotopic (exact) mass is 673 g/mol. The Morgan fingerprint density at radius 3 is 2.24 bits per heavy atom. The molecule has 0 spiro atoms. The Hall–Kier alpha value is -2.88. The second kappa shape index (κ2) is 14.5. The molecule has 2 amide bonds. The number of anilines is 1. The van der Waals surface area contributed by atoms with Crippen LogP contribution in [0.15, 0.2) is 82.2 Å². The first-order valence-electron chi connectivity index (χ1n) is 14.3. The number of halogens is 2. The summed E-state index contributed by atoms with van der Waals surface area (Å²) in [5.41, 5.74) is 1.93. The lowest BCUT2D eigenvalue weighted by atomic mass is 9.95. The largest absolute Gasteiger partial charge is 0.352 e. The van der Waals surface area contributed by atoms with Gasteiger partial charge in [-0.05, 0) is 74.2 Å². The van der Waals surface area contributed by atoms with Gasteiger partial charge < -0.3 is 10.2 Å². The lowest BCUT2D eigenvalue weighted by Gasteiger charge is -2.34. The first-order valence-corrected chi connectivity index (χ1v) is 16.9. The molecule has 1 atom stereocenters. The first kappa shape index (κ1) is 32.0. The molecule has 1 saturated carbocycles. The lowest BCUT2D eigenvalue weighted by Crippen LogP contribution is -2.54. The summed E-state index contributed by atoms with van der Waals surface area (Å²) in [6, 6.07) is 19.7. The number of sulfonamides is 1. The summed E-state index contributed by atoms with van der Waals surface area (Å²) in [5, 5.41) is 3.62. The van der Waals surface area contributed by atoms with Crippen molar-refractivity contribution in [3.8, 4) is 0 Å². The zero-order chi connectivity index (χ0) is 30.3. The van der Waals surface area contributed by atoms with Crippen LogP contribution in [-0.2, 0) is 26.2 Å². The Labute approximate surface area is 262 Å². The standard InChI is InChI=1S/C32H37BrClN3O4S/c1-3-30(32(39)35-26-10-5-4-6-11-26)36(21-24-9-7-8-12-29(24)34)31(38)22-37(27-17-15-25(33)16-18-27)42(40,41)28-19-13-23(2)14-20-28/h7-9,12-20,26,30H,3-6,10-11,21-22H2,1-2H3,(H,35,39)/t30-/m1/s1. The van der Waals surface area contributed by atoms with Crippen LogP contribution in [0.4, 0.5) is 5.69 Å². The number of amides is 2. The number of nitrogens with zero attached hydrogens (tertiary/aromatic N) is 2. The van der Waals surface area contributed by atoms with E-state index in [1.54, 1.807) is 48.5 Å². The fourth-order valence-corrected chi connectivity index (χ4v) is 7.12. The minimum absolute atomic E-state index is 0.0634. The number of rotatable bonds is 11. The third-order valence-corrected chi connectivity index (χ3v) is 10.3. The summed E-state index contributed by atoms with van der Waals surface area (Å²) in [5.74, 6) is -0.736. The molecule has 0 aromatic heterocycles. The Morgan fingerprint density at radius 2 is 1.62 bits per heavy atom. The van der Waals surface area contributed by atoms with Crippen molar-refractivity contribution in [2.75, 3.05) is 10.8 Å². The molecule has 3 aromatic rings. The molecule has 0 heterocycles. The summed E-state index contributed by atoms with van der Waals surface area (Å²) < 4.78 is 29.8. The van der Waals surface area contributed by atoms with E-state index in [4.69, 9.17) is 11.6 Å². The van der Waals surface area contributed by atoms with Crippen molar-refractivity contribution < 1.29 is 18.0 Å². The van der Waals surface area contributed by atoms with Gasteiger partial charge in [-0.2, -0.15) is 0 Å². The van der Waals surface area contributed by atoms with E-state index in [0.717, 1.165) is 46.4 Å². The van der Waals surface area contributed by atoms with Crippen LogP contribution in [0.2, 0.25) is 5.02 Å². The van der Waals surface area contributed by atoms with Gasteiger partial charge in [0, 0.05) is 22.1 Å². The molecule has 10 heteroatoms. The van der Waals surface area contributed by atoms with Gasteiger partial charge in [-0.1, -0.05) is 89.6 Å². The van der Waals surface area contributed by atoms with Gasteiger partial charge in [0.2, 0.25) is 11.8 Å². The second-order valence-corrected chi connectivity index (χ2v) is 13.9. The number of aryl methyl sites for hydroxylation is 1. The van der Waals surface area contributed by atoms with E-state index < -0.39 is 28.5 Å². The fourth-order valence-electron chi connectivity index (χ4n) is 5.25. The van der Waals surface area contributed by atoms with Crippen LogP contribution in [0.3, 0.4) is 0 Å². The third-order valence-electron chi connectivity index (χ3n) is 7.64. The van der Waals surface area contributed by atoms with Crippen LogP contribution >= 0.6 is 27.5 Å². The van der Waals surface area contributed by atoms with Crippen molar-refractivity contribution in [1.29, 1.82) is 0 Å². The molecule has 0 saturated heterocycles. The average Bonchev–Trinajstić information content (AvgIpc) is 2.98. The van der Waals surface area contributed by atoms with Gasteiger partial charge in [-0.3, -0.25) is 13.9 Å². The molecule has 1 fully saturated rings. The smallest absolute Gasteiger partial charge is 0.264 e. The highest BCUT2D eigenvalue weighted by atomic mass is 79.9. The van der Waals surface area contributed by atoms with E-state index in [9.17, 15) is 18.0 Å². The topological polar surface area (TPSA) is 86.8 Å². The summed E-state index contributed by atoms with van der Waals surface area (Å²) >= 11 is 9.89. The number of nitrogens with one attached hydrogen (secondary N) is 1. The normalized spacial score (nSPS) is 14.7. The number of carbonyl (C=O) groups is 2. The van der Waals surface area contributed by atoms with Gasteiger partial charge in [-0.25, -0.2) is 8.42 Å². The van der Waals surface area contributed by atoms with E-state index in [1.807, 2.05) is 26.0 Å². The molecule has 42 heavy (non-hydrogen) atoms. The van der Waals surface area contributed by atoms with Crippen LogP contribution in [-0.4, -0.2) is 43.8 Å². The van der Waals surface area contributed by atoms with Gasteiger partial charge >= 0.3 is 0 Å². The Bertz CT molecular complexity index is 1480. The van der Waals surface area contributed by atoms with E-state index in [-0.39, 0.29) is 23.4 Å². The van der Waals surface area contributed by atoms with Crippen molar-refractivity contribution in [1.82, 2.24) is 10.2 Å². The highest BCUT2D eigenvalue weighted by molar-refractivity contribution is 9.10. The van der Waals surface area contributed by atoms with Crippen LogP contribution in [0.1, 0.15) is 56.6 Å². The number of hydrogen-bond acceptors (Lipinski definition) is 4. The molecule has 4 rings (SSSR count). The molecule has 0 unspecified atom stereocenters. The maximum absolute atomic E-state index is 14.2. The third kappa shape index (κ3) is 7.94. The molecular weight excluding hydrogens is 638 g/mol. The molecule has 0 bridgehead atoms. The van der Waals surface area contributed by atoms with Crippen molar-refractivity contribution in [3.63, 3.8) is 0 Å². The van der Waals surface area contributed by atoms with Gasteiger partial charge in [0.05, 0.1) is 10.6 Å². The van der Waals surface area contributed by atoms with Crippen molar-refractivity contribution in [2.24, 2.45) is 0 Å². The van der Waals surface area contributed by atoms with Crippen molar-refractivity contribution in [2.45, 2.75) is 75.9 Å². The first-order chi connectivity index (χ1) is 20.1. The Kier molecular flexibility index (Phi) is 11.1. The van der Waals surface area contributed by atoms with Gasteiger partial charge in [0.15, 0.2) is 0 Å². The molecule has 1 aliphatic carbocycles. The highest BCUT2D eigenvalue weighted by Crippen LogP contribution is 2.27. The van der Waals surface area contributed by atoms with E-state index in [2.05, 4.69) is 21.2 Å². The van der Waals surface area contributed by atoms with E-state index in [0.29, 0.717) is 22.7 Å². The zero-order valence-corrected chi connectivity index (χ0v) is 27.1. The zero-order valence-electron chi connectivity index (χ0n) is 23.9. The summed E-state index contributed by atoms with van der Waals surface area (Å²) in [6.07, 6.45) is 5.45. The number of benzene rings is 3. The van der Waals surface area contributed by atoms with Crippen LogP contribution in [0.5, 0.6) is 0 Å². The van der Waals surface area contributed by atoms with E-state index in [1.165, 1.54) is 17.0 Å². The molecule has 0 aliphatic heterocycles. The molecule has 3 aromatic carbocycles. The molecule has 0 radical (unpaired) electrons. The summed E-state index contributed by atoms with van der Waals surface area (Å²) in [6.45, 7) is 3.30. The number of hydrogen-bond donors (Lipinski definition) is 1. The molecule has 1 N–H and O–H groups in total. The summed E-state index contributed by atoms with van der Waals surface area (Å²) in [4.78, 5) is 29.4.